The summed E-state index contributed by atoms with van der Waals surface area (Å²) in [5.74, 6) is 7.35. The van der Waals surface area contributed by atoms with Gasteiger partial charge in [-0.05, 0) is 104 Å². The minimum absolute atomic E-state index is 0.368. The number of nitrogens with zero attached hydrogens (tertiary/aromatic N) is 1. The monoisotopic (exact) mass is 495 g/mol. The minimum Gasteiger partial charge on any atom is -0.489 e. The lowest BCUT2D eigenvalue weighted by Crippen LogP contribution is -2.10. The standard InChI is InChI=1S/C32H33NO4/c1-23-21-29(16-17-31(23)37-22-32(34)35)36-20-18-30(28-14-12-26(13-15-28)25-10-11-25)27-8-6-24(7-9-27)5-4-19-33(2)3/h6-9,12-18,21,25H,10-11,19-20,22H2,1-3H3,(H,34,35). The third-order valence-electron chi connectivity index (χ3n) is 6.13. The normalized spacial score (nSPS) is 13.1. The Morgan fingerprint density at radius 2 is 1.68 bits per heavy atom. The Bertz CT molecular complexity index is 1310. The van der Waals surface area contributed by atoms with Crippen LogP contribution in [0, 0.1) is 18.8 Å². The SMILES string of the molecule is Cc1cc(OCC=C(c2ccc(C#CCN(C)C)cc2)c2ccc(C3CC3)cc2)ccc1OCC(=O)O. The number of hydrogen-bond acceptors (Lipinski definition) is 4. The van der Waals surface area contributed by atoms with E-state index in [-0.39, 0.29) is 6.61 Å². The zero-order valence-corrected chi connectivity index (χ0v) is 21.7. The van der Waals surface area contributed by atoms with Gasteiger partial charge in [-0.15, -0.1) is 0 Å². The second kappa shape index (κ2) is 12.3. The van der Waals surface area contributed by atoms with Crippen LogP contribution >= 0.6 is 0 Å². The molecule has 1 aliphatic rings. The molecule has 5 nitrogen and oxygen atoms in total. The van der Waals surface area contributed by atoms with Gasteiger partial charge in [-0.1, -0.05) is 48.2 Å². The van der Waals surface area contributed by atoms with E-state index in [1.165, 1.54) is 18.4 Å². The van der Waals surface area contributed by atoms with Crippen molar-refractivity contribution >= 4 is 11.5 Å². The van der Waals surface area contributed by atoms with Crippen molar-refractivity contribution in [3.8, 4) is 23.3 Å². The maximum Gasteiger partial charge on any atom is 0.341 e. The van der Waals surface area contributed by atoms with E-state index < -0.39 is 5.97 Å². The summed E-state index contributed by atoms with van der Waals surface area (Å²) in [4.78, 5) is 12.8. The van der Waals surface area contributed by atoms with Crippen molar-refractivity contribution in [3.05, 3.63) is 101 Å². The van der Waals surface area contributed by atoms with Gasteiger partial charge in [0.05, 0.1) is 6.54 Å². The minimum atomic E-state index is -1.00. The molecule has 1 N–H and O–H groups in total. The highest BCUT2D eigenvalue weighted by atomic mass is 16.5. The van der Waals surface area contributed by atoms with Gasteiger partial charge in [-0.2, -0.15) is 0 Å². The zero-order chi connectivity index (χ0) is 26.2. The Balaban J connectivity index is 1.52. The van der Waals surface area contributed by atoms with Crippen molar-refractivity contribution in [2.24, 2.45) is 0 Å². The van der Waals surface area contributed by atoms with E-state index in [1.807, 2.05) is 32.0 Å². The van der Waals surface area contributed by atoms with Gasteiger partial charge in [0.2, 0.25) is 0 Å². The van der Waals surface area contributed by atoms with Crippen molar-refractivity contribution in [2.45, 2.75) is 25.7 Å². The van der Waals surface area contributed by atoms with Crippen molar-refractivity contribution in [2.75, 3.05) is 33.9 Å². The van der Waals surface area contributed by atoms with Crippen LogP contribution in [0.1, 0.15) is 46.6 Å². The van der Waals surface area contributed by atoms with Crippen LogP contribution in [0.5, 0.6) is 11.5 Å². The summed E-state index contributed by atoms with van der Waals surface area (Å²) in [6.07, 6.45) is 4.67. The van der Waals surface area contributed by atoms with E-state index in [4.69, 9.17) is 14.6 Å². The fraction of sp³-hybridized carbons (Fsp3) is 0.281. The van der Waals surface area contributed by atoms with Crippen LogP contribution in [0.2, 0.25) is 0 Å². The summed E-state index contributed by atoms with van der Waals surface area (Å²) in [6, 6.07) is 22.6. The molecule has 0 saturated heterocycles. The maximum absolute atomic E-state index is 10.8. The number of carboxylic acid groups (broad SMARTS) is 1. The van der Waals surface area contributed by atoms with Gasteiger partial charge in [0.1, 0.15) is 18.1 Å². The first-order chi connectivity index (χ1) is 17.9. The number of carbonyl (C=O) groups is 1. The van der Waals surface area contributed by atoms with Gasteiger partial charge in [0.25, 0.3) is 0 Å². The number of ether oxygens (including phenoxy) is 2. The number of aliphatic carboxylic acids is 1. The van der Waals surface area contributed by atoms with Gasteiger partial charge < -0.3 is 14.6 Å². The second-order valence-corrected chi connectivity index (χ2v) is 9.55. The number of aryl methyl sites for hydroxylation is 1. The Morgan fingerprint density at radius 3 is 2.27 bits per heavy atom. The predicted molar refractivity (Wildman–Crippen MR) is 147 cm³/mol. The van der Waals surface area contributed by atoms with Crippen LogP contribution in [0.15, 0.2) is 72.8 Å². The molecule has 0 atom stereocenters. The van der Waals surface area contributed by atoms with E-state index in [9.17, 15) is 4.79 Å². The van der Waals surface area contributed by atoms with Crippen LogP contribution in [0.3, 0.4) is 0 Å². The van der Waals surface area contributed by atoms with Crippen molar-refractivity contribution in [1.82, 2.24) is 4.90 Å². The number of benzene rings is 3. The Labute approximate surface area is 219 Å². The molecular weight excluding hydrogens is 462 g/mol. The largest absolute Gasteiger partial charge is 0.489 e. The summed E-state index contributed by atoms with van der Waals surface area (Å²) in [5, 5.41) is 8.83. The molecule has 0 unspecified atom stereocenters. The lowest BCUT2D eigenvalue weighted by atomic mass is 9.95. The molecule has 0 aliphatic heterocycles. The van der Waals surface area contributed by atoms with E-state index in [0.29, 0.717) is 18.1 Å². The molecule has 4 rings (SSSR count). The molecule has 1 aliphatic carbocycles. The molecule has 1 fully saturated rings. The molecule has 37 heavy (non-hydrogen) atoms. The molecule has 0 heterocycles. The fourth-order valence-electron chi connectivity index (χ4n) is 4.02. The lowest BCUT2D eigenvalue weighted by molar-refractivity contribution is -0.139. The smallest absolute Gasteiger partial charge is 0.341 e. The van der Waals surface area contributed by atoms with Gasteiger partial charge in [0, 0.05) is 5.56 Å². The van der Waals surface area contributed by atoms with E-state index in [1.54, 1.807) is 12.1 Å². The zero-order valence-electron chi connectivity index (χ0n) is 21.7. The average molecular weight is 496 g/mol. The maximum atomic E-state index is 10.8. The Kier molecular flexibility index (Phi) is 8.66. The first-order valence-corrected chi connectivity index (χ1v) is 12.5. The summed E-state index contributed by atoms with van der Waals surface area (Å²) in [5.41, 5.74) is 6.58. The third-order valence-corrected chi connectivity index (χ3v) is 6.13. The van der Waals surface area contributed by atoms with Crippen LogP contribution in [-0.4, -0.2) is 49.8 Å². The van der Waals surface area contributed by atoms with Crippen LogP contribution in [-0.2, 0) is 4.79 Å². The highest BCUT2D eigenvalue weighted by Gasteiger charge is 2.23. The van der Waals surface area contributed by atoms with Gasteiger partial charge in [-0.3, -0.25) is 4.90 Å². The van der Waals surface area contributed by atoms with Crippen molar-refractivity contribution in [1.29, 1.82) is 0 Å². The average Bonchev–Trinajstić information content (AvgIpc) is 3.72. The molecule has 3 aromatic rings. The van der Waals surface area contributed by atoms with E-state index in [0.717, 1.165) is 40.3 Å². The van der Waals surface area contributed by atoms with Gasteiger partial charge >= 0.3 is 5.97 Å². The van der Waals surface area contributed by atoms with E-state index in [2.05, 4.69) is 66.4 Å². The molecule has 0 spiro atoms. The summed E-state index contributed by atoms with van der Waals surface area (Å²) >= 11 is 0. The highest BCUT2D eigenvalue weighted by Crippen LogP contribution is 2.40. The summed E-state index contributed by atoms with van der Waals surface area (Å²) < 4.78 is 11.3. The molecule has 5 heteroatoms. The molecule has 1 saturated carbocycles. The molecule has 0 amide bonds. The predicted octanol–water partition coefficient (Wildman–Crippen LogP) is 5.76. The van der Waals surface area contributed by atoms with Crippen LogP contribution in [0.25, 0.3) is 5.57 Å². The summed E-state index contributed by atoms with van der Waals surface area (Å²) in [6.45, 7) is 2.62. The molecule has 3 aromatic carbocycles. The number of hydrogen-bond donors (Lipinski definition) is 1. The number of rotatable bonds is 10. The van der Waals surface area contributed by atoms with Gasteiger partial charge in [-0.25, -0.2) is 4.79 Å². The topological polar surface area (TPSA) is 59.0 Å². The molecule has 0 radical (unpaired) electrons. The number of carboxylic acids is 1. The second-order valence-electron chi connectivity index (χ2n) is 9.55. The van der Waals surface area contributed by atoms with Gasteiger partial charge in [0.15, 0.2) is 6.61 Å². The third kappa shape index (κ3) is 7.73. The fourth-order valence-corrected chi connectivity index (χ4v) is 4.02. The first kappa shape index (κ1) is 26.1. The molecule has 0 bridgehead atoms. The lowest BCUT2D eigenvalue weighted by Gasteiger charge is -2.12. The molecular formula is C32H33NO4. The molecule has 0 aromatic heterocycles. The van der Waals surface area contributed by atoms with Crippen LogP contribution in [0.4, 0.5) is 0 Å². The van der Waals surface area contributed by atoms with Crippen LogP contribution < -0.4 is 9.47 Å². The Hall–Kier alpha value is -4.01. The van der Waals surface area contributed by atoms with Crippen molar-refractivity contribution < 1.29 is 19.4 Å². The first-order valence-electron chi connectivity index (χ1n) is 12.5. The van der Waals surface area contributed by atoms with Crippen molar-refractivity contribution in [3.63, 3.8) is 0 Å². The van der Waals surface area contributed by atoms with E-state index >= 15 is 0 Å². The Morgan fingerprint density at radius 1 is 1.00 bits per heavy atom. The highest BCUT2D eigenvalue weighted by molar-refractivity contribution is 5.80. The summed E-state index contributed by atoms with van der Waals surface area (Å²) in [7, 11) is 4.02. The molecule has 190 valence electrons. The quantitative estimate of drug-likeness (QED) is 0.363.